The van der Waals surface area contributed by atoms with E-state index in [2.05, 4.69) is 5.32 Å². The number of nitrogens with one attached hydrogen (secondary N) is 1. The molecule has 54 valence electrons. The molecular formula is C7H9NO2. The summed E-state index contributed by atoms with van der Waals surface area (Å²) < 4.78 is 0. The molecule has 0 saturated carbocycles. The minimum Gasteiger partial charge on any atom is -0.480 e. The summed E-state index contributed by atoms with van der Waals surface area (Å²) in [6, 6.07) is 0.316. The summed E-state index contributed by atoms with van der Waals surface area (Å²) >= 11 is 0. The molecule has 2 bridgehead atoms. The Morgan fingerprint density at radius 2 is 2.60 bits per heavy atom. The molecule has 3 nitrogen and oxygen atoms in total. The fourth-order valence-corrected chi connectivity index (χ4v) is 1.65. The molecule has 3 heteroatoms. The number of rotatable bonds is 1. The van der Waals surface area contributed by atoms with Crippen molar-refractivity contribution in [2.24, 2.45) is 0 Å². The van der Waals surface area contributed by atoms with E-state index in [4.69, 9.17) is 5.11 Å². The molecule has 0 amide bonds. The van der Waals surface area contributed by atoms with Crippen molar-refractivity contribution in [2.75, 3.05) is 0 Å². The van der Waals surface area contributed by atoms with Gasteiger partial charge in [-0.2, -0.15) is 0 Å². The molecule has 0 radical (unpaired) electrons. The molecule has 2 atom stereocenters. The van der Waals surface area contributed by atoms with Gasteiger partial charge in [-0.25, -0.2) is 4.79 Å². The lowest BCUT2D eigenvalue weighted by Gasteiger charge is -2.16. The van der Waals surface area contributed by atoms with Crippen molar-refractivity contribution >= 4 is 5.97 Å². The summed E-state index contributed by atoms with van der Waals surface area (Å²) in [5.41, 5.74) is -0.704. The van der Waals surface area contributed by atoms with E-state index in [1.54, 1.807) is 6.08 Å². The summed E-state index contributed by atoms with van der Waals surface area (Å²) in [5, 5.41) is 11.8. The molecule has 0 aliphatic carbocycles. The number of fused-ring (bicyclic) bond motifs is 2. The Bertz CT molecular complexity index is 212. The van der Waals surface area contributed by atoms with Crippen LogP contribution in [0.25, 0.3) is 0 Å². The van der Waals surface area contributed by atoms with Crippen LogP contribution in [0.15, 0.2) is 12.2 Å². The highest BCUT2D eigenvalue weighted by molar-refractivity contribution is 5.83. The lowest BCUT2D eigenvalue weighted by atomic mass is 9.94. The first-order valence-corrected chi connectivity index (χ1v) is 3.43. The number of hydrogen-bond acceptors (Lipinski definition) is 2. The van der Waals surface area contributed by atoms with Gasteiger partial charge in [0.25, 0.3) is 0 Å². The highest BCUT2D eigenvalue weighted by Crippen LogP contribution is 2.31. The Kier molecular flexibility index (Phi) is 0.951. The molecule has 0 aromatic heterocycles. The molecule has 1 fully saturated rings. The highest BCUT2D eigenvalue weighted by Gasteiger charge is 2.45. The Labute approximate surface area is 58.7 Å². The zero-order chi connectivity index (χ0) is 7.19. The van der Waals surface area contributed by atoms with Crippen molar-refractivity contribution in [2.45, 2.75) is 24.4 Å². The average Bonchev–Trinajstić information content (AvgIpc) is 2.45. The van der Waals surface area contributed by atoms with Crippen LogP contribution in [0.3, 0.4) is 0 Å². The number of hydrogen-bond donors (Lipinski definition) is 2. The second-order valence-electron chi connectivity index (χ2n) is 2.93. The number of carbonyl (C=O) groups is 1. The third-order valence-corrected chi connectivity index (χ3v) is 2.29. The molecule has 2 rings (SSSR count). The van der Waals surface area contributed by atoms with Gasteiger partial charge in [0.2, 0.25) is 0 Å². The van der Waals surface area contributed by atoms with Crippen LogP contribution in [0.4, 0.5) is 0 Å². The van der Waals surface area contributed by atoms with Gasteiger partial charge < -0.3 is 5.11 Å². The second kappa shape index (κ2) is 1.61. The number of aliphatic carboxylic acids is 1. The third-order valence-electron chi connectivity index (χ3n) is 2.29. The monoisotopic (exact) mass is 139 g/mol. The van der Waals surface area contributed by atoms with Gasteiger partial charge in [-0.3, -0.25) is 5.32 Å². The molecule has 1 saturated heterocycles. The first-order valence-electron chi connectivity index (χ1n) is 3.43. The number of carboxylic acids is 1. The van der Waals surface area contributed by atoms with Crippen LogP contribution in [-0.4, -0.2) is 22.7 Å². The smallest absolute Gasteiger partial charge is 0.327 e. The fraction of sp³-hybridized carbons (Fsp3) is 0.571. The normalized spacial score (nSPS) is 42.6. The summed E-state index contributed by atoms with van der Waals surface area (Å²) in [6.07, 6.45) is 5.41. The topological polar surface area (TPSA) is 49.3 Å². The minimum atomic E-state index is -0.747. The van der Waals surface area contributed by atoms with Crippen molar-refractivity contribution in [3.63, 3.8) is 0 Å². The van der Waals surface area contributed by atoms with Gasteiger partial charge in [0.05, 0.1) is 0 Å². The van der Waals surface area contributed by atoms with Crippen LogP contribution >= 0.6 is 0 Å². The summed E-state index contributed by atoms with van der Waals surface area (Å²) in [4.78, 5) is 10.7. The van der Waals surface area contributed by atoms with E-state index in [-0.39, 0.29) is 0 Å². The molecule has 2 aliphatic rings. The highest BCUT2D eigenvalue weighted by atomic mass is 16.4. The van der Waals surface area contributed by atoms with E-state index >= 15 is 0 Å². The zero-order valence-corrected chi connectivity index (χ0v) is 5.50. The van der Waals surface area contributed by atoms with E-state index in [1.165, 1.54) is 0 Å². The molecule has 2 aliphatic heterocycles. The van der Waals surface area contributed by atoms with Gasteiger partial charge in [-0.05, 0) is 12.8 Å². The summed E-state index contributed by atoms with van der Waals surface area (Å²) in [7, 11) is 0. The third kappa shape index (κ3) is 0.555. The van der Waals surface area contributed by atoms with E-state index in [9.17, 15) is 4.79 Å². The second-order valence-corrected chi connectivity index (χ2v) is 2.93. The van der Waals surface area contributed by atoms with Gasteiger partial charge in [-0.15, -0.1) is 0 Å². The van der Waals surface area contributed by atoms with Crippen molar-refractivity contribution in [1.29, 1.82) is 0 Å². The Morgan fingerprint density at radius 3 is 2.80 bits per heavy atom. The Balaban J connectivity index is 2.32. The summed E-state index contributed by atoms with van der Waals surface area (Å²) in [5.74, 6) is -0.747. The van der Waals surface area contributed by atoms with Crippen molar-refractivity contribution in [3.8, 4) is 0 Å². The molecule has 0 aromatic carbocycles. The van der Waals surface area contributed by atoms with Gasteiger partial charge in [-0.1, -0.05) is 12.2 Å². The molecule has 2 N–H and O–H groups in total. The zero-order valence-electron chi connectivity index (χ0n) is 5.50. The maximum absolute atomic E-state index is 10.7. The quantitative estimate of drug-likeness (QED) is 0.508. The van der Waals surface area contributed by atoms with E-state index in [1.807, 2.05) is 6.08 Å². The predicted octanol–water partition coefficient (Wildman–Crippen LogP) is 0.132. The van der Waals surface area contributed by atoms with Gasteiger partial charge >= 0.3 is 5.97 Å². The minimum absolute atomic E-state index is 0.316. The fourth-order valence-electron chi connectivity index (χ4n) is 1.65. The van der Waals surface area contributed by atoms with Crippen molar-refractivity contribution in [3.05, 3.63) is 12.2 Å². The van der Waals surface area contributed by atoms with Crippen LogP contribution in [-0.2, 0) is 4.79 Å². The maximum Gasteiger partial charge on any atom is 0.327 e. The van der Waals surface area contributed by atoms with Crippen molar-refractivity contribution < 1.29 is 9.90 Å². The van der Waals surface area contributed by atoms with Gasteiger partial charge in [0.15, 0.2) is 0 Å². The standard InChI is InChI=1S/C7H9NO2/c9-6(10)7-3-1-5(8-7)2-4-7/h1,3,5,8H,2,4H2,(H,9,10)/t5-,7+/m0/s1. The molecule has 10 heavy (non-hydrogen) atoms. The van der Waals surface area contributed by atoms with E-state index < -0.39 is 11.5 Å². The summed E-state index contributed by atoms with van der Waals surface area (Å²) in [6.45, 7) is 0. The SMILES string of the molecule is O=C(O)[C@@]12C=C[C@@H](CC1)N2. The van der Waals surface area contributed by atoms with Crippen LogP contribution in [0.2, 0.25) is 0 Å². The first-order chi connectivity index (χ1) is 4.73. The molecule has 2 heterocycles. The maximum atomic E-state index is 10.7. The Morgan fingerprint density at radius 1 is 1.80 bits per heavy atom. The van der Waals surface area contributed by atoms with Crippen LogP contribution in [0.1, 0.15) is 12.8 Å². The first kappa shape index (κ1) is 5.92. The van der Waals surface area contributed by atoms with E-state index in [0.717, 1.165) is 12.8 Å². The lowest BCUT2D eigenvalue weighted by molar-refractivity contribution is -0.142. The molecular weight excluding hydrogens is 130 g/mol. The van der Waals surface area contributed by atoms with E-state index in [0.29, 0.717) is 6.04 Å². The Hall–Kier alpha value is -0.830. The van der Waals surface area contributed by atoms with Gasteiger partial charge in [0, 0.05) is 6.04 Å². The van der Waals surface area contributed by atoms with Crippen LogP contribution in [0, 0.1) is 0 Å². The molecule has 0 unspecified atom stereocenters. The largest absolute Gasteiger partial charge is 0.480 e. The molecule has 0 spiro atoms. The lowest BCUT2D eigenvalue weighted by Crippen LogP contribution is -2.44. The van der Waals surface area contributed by atoms with Crippen molar-refractivity contribution in [1.82, 2.24) is 5.32 Å². The number of carboxylic acid groups (broad SMARTS) is 1. The average molecular weight is 139 g/mol. The van der Waals surface area contributed by atoms with Gasteiger partial charge in [0.1, 0.15) is 5.54 Å². The predicted molar refractivity (Wildman–Crippen MR) is 35.7 cm³/mol. The van der Waals surface area contributed by atoms with Crippen LogP contribution < -0.4 is 5.32 Å². The molecule has 0 aromatic rings. The van der Waals surface area contributed by atoms with Crippen LogP contribution in [0.5, 0.6) is 0 Å².